The van der Waals surface area contributed by atoms with Gasteiger partial charge in [0, 0.05) is 20.1 Å². The van der Waals surface area contributed by atoms with Gasteiger partial charge in [-0.3, -0.25) is 9.59 Å². The van der Waals surface area contributed by atoms with Crippen LogP contribution in [-0.2, 0) is 4.79 Å². The van der Waals surface area contributed by atoms with Crippen molar-refractivity contribution in [2.24, 2.45) is 11.7 Å². The molecule has 8 heteroatoms. The normalized spacial score (nSPS) is 10.7. The first kappa shape index (κ1) is 17.2. The number of nitrogens with zero attached hydrogens (tertiary/aromatic N) is 3. The molecule has 1 rings (SSSR count). The van der Waals surface area contributed by atoms with Crippen molar-refractivity contribution in [1.29, 1.82) is 0 Å². The van der Waals surface area contributed by atoms with E-state index >= 15 is 0 Å². The molecule has 21 heavy (non-hydrogen) atoms. The SMILES string of the molecule is CCN(C)c1nc(N)c(C(=O)N(CC(N)=O)CC(C)C)s1. The van der Waals surface area contributed by atoms with E-state index in [0.29, 0.717) is 16.6 Å². The van der Waals surface area contributed by atoms with E-state index < -0.39 is 5.91 Å². The highest BCUT2D eigenvalue weighted by Crippen LogP contribution is 2.28. The summed E-state index contributed by atoms with van der Waals surface area (Å²) in [5.74, 6) is -0.426. The summed E-state index contributed by atoms with van der Waals surface area (Å²) >= 11 is 1.23. The van der Waals surface area contributed by atoms with E-state index in [2.05, 4.69) is 4.98 Å². The smallest absolute Gasteiger partial charge is 0.268 e. The quantitative estimate of drug-likeness (QED) is 0.773. The Morgan fingerprint density at radius 1 is 1.38 bits per heavy atom. The lowest BCUT2D eigenvalue weighted by Gasteiger charge is -2.22. The summed E-state index contributed by atoms with van der Waals surface area (Å²) in [6.45, 7) is 7.00. The Hall–Kier alpha value is -1.83. The molecular weight excluding hydrogens is 290 g/mol. The number of aromatic nitrogens is 1. The first-order chi connectivity index (χ1) is 9.76. The van der Waals surface area contributed by atoms with Crippen LogP contribution in [0.3, 0.4) is 0 Å². The Morgan fingerprint density at radius 2 is 2.00 bits per heavy atom. The van der Waals surface area contributed by atoms with Gasteiger partial charge in [0.05, 0.1) is 6.54 Å². The van der Waals surface area contributed by atoms with Crippen molar-refractivity contribution in [1.82, 2.24) is 9.88 Å². The molecule has 0 atom stereocenters. The molecule has 4 N–H and O–H groups in total. The number of hydrogen-bond acceptors (Lipinski definition) is 6. The van der Waals surface area contributed by atoms with Gasteiger partial charge < -0.3 is 21.3 Å². The van der Waals surface area contributed by atoms with E-state index in [9.17, 15) is 9.59 Å². The molecule has 7 nitrogen and oxygen atoms in total. The van der Waals surface area contributed by atoms with Crippen molar-refractivity contribution >= 4 is 34.1 Å². The first-order valence-electron chi connectivity index (χ1n) is 6.81. The van der Waals surface area contributed by atoms with Gasteiger partial charge in [0.25, 0.3) is 5.91 Å². The van der Waals surface area contributed by atoms with E-state index in [1.165, 1.54) is 16.2 Å². The summed E-state index contributed by atoms with van der Waals surface area (Å²) < 4.78 is 0. The molecule has 0 aliphatic heterocycles. The second-order valence-electron chi connectivity index (χ2n) is 5.27. The van der Waals surface area contributed by atoms with E-state index in [-0.39, 0.29) is 24.2 Å². The van der Waals surface area contributed by atoms with Crippen LogP contribution in [0.2, 0.25) is 0 Å². The topological polar surface area (TPSA) is 106 Å². The summed E-state index contributed by atoms with van der Waals surface area (Å²) in [7, 11) is 1.88. The average Bonchev–Trinajstić information content (AvgIpc) is 2.77. The zero-order valence-electron chi connectivity index (χ0n) is 12.9. The highest BCUT2D eigenvalue weighted by atomic mass is 32.1. The minimum atomic E-state index is -0.544. The van der Waals surface area contributed by atoms with Gasteiger partial charge in [-0.1, -0.05) is 25.2 Å². The van der Waals surface area contributed by atoms with E-state index in [0.717, 1.165) is 6.54 Å². The van der Waals surface area contributed by atoms with Crippen LogP contribution in [-0.4, -0.2) is 48.4 Å². The number of carbonyl (C=O) groups excluding carboxylic acids is 2. The Morgan fingerprint density at radius 3 is 2.48 bits per heavy atom. The van der Waals surface area contributed by atoms with Crippen LogP contribution in [0, 0.1) is 5.92 Å². The molecule has 0 spiro atoms. The number of thiazole rings is 1. The fourth-order valence-corrected chi connectivity index (χ4v) is 2.74. The predicted octanol–water partition coefficient (Wildman–Crippen LogP) is 0.765. The van der Waals surface area contributed by atoms with Crippen molar-refractivity contribution in [3.63, 3.8) is 0 Å². The number of nitrogen functional groups attached to an aromatic ring is 1. The van der Waals surface area contributed by atoms with Gasteiger partial charge in [-0.2, -0.15) is 0 Å². The van der Waals surface area contributed by atoms with Crippen LogP contribution in [0.25, 0.3) is 0 Å². The highest BCUT2D eigenvalue weighted by Gasteiger charge is 2.24. The second kappa shape index (κ2) is 7.26. The number of amides is 2. The molecule has 1 aromatic heterocycles. The van der Waals surface area contributed by atoms with Gasteiger partial charge in [-0.25, -0.2) is 4.98 Å². The van der Waals surface area contributed by atoms with Crippen molar-refractivity contribution in [2.45, 2.75) is 20.8 Å². The lowest BCUT2D eigenvalue weighted by atomic mass is 10.2. The molecule has 0 saturated carbocycles. The van der Waals surface area contributed by atoms with Gasteiger partial charge in [0.2, 0.25) is 5.91 Å². The molecule has 1 aromatic rings. The lowest BCUT2D eigenvalue weighted by Crippen LogP contribution is -2.40. The molecule has 0 radical (unpaired) electrons. The molecule has 2 amide bonds. The minimum absolute atomic E-state index is 0.118. The van der Waals surface area contributed by atoms with E-state index in [4.69, 9.17) is 11.5 Å². The Bertz CT molecular complexity index is 515. The molecule has 0 aliphatic carbocycles. The van der Waals surface area contributed by atoms with Gasteiger partial charge >= 0.3 is 0 Å². The highest BCUT2D eigenvalue weighted by molar-refractivity contribution is 7.18. The van der Waals surface area contributed by atoms with E-state index in [1.54, 1.807) is 0 Å². The number of nitrogens with two attached hydrogens (primary N) is 2. The maximum atomic E-state index is 12.6. The standard InChI is InChI=1S/C13H23N5O2S/c1-5-17(4)13-16-11(15)10(21-13)12(20)18(6-8(2)3)7-9(14)19/h8H,5-7,15H2,1-4H3,(H2,14,19). The number of hydrogen-bond donors (Lipinski definition) is 2. The molecule has 0 fully saturated rings. The van der Waals surface area contributed by atoms with Crippen molar-refractivity contribution < 1.29 is 9.59 Å². The third kappa shape index (κ3) is 4.59. The van der Waals surface area contributed by atoms with Crippen molar-refractivity contribution in [3.05, 3.63) is 4.88 Å². The zero-order valence-corrected chi connectivity index (χ0v) is 13.7. The summed E-state index contributed by atoms with van der Waals surface area (Å²) in [5, 5.41) is 0.682. The summed E-state index contributed by atoms with van der Waals surface area (Å²) in [5.41, 5.74) is 11.1. The summed E-state index contributed by atoms with van der Waals surface area (Å²) in [6.07, 6.45) is 0. The summed E-state index contributed by atoms with van der Waals surface area (Å²) in [6, 6.07) is 0. The maximum absolute atomic E-state index is 12.6. The number of primary amides is 1. The molecule has 1 heterocycles. The largest absolute Gasteiger partial charge is 0.382 e. The Balaban J connectivity index is 3.02. The Labute approximate surface area is 128 Å². The summed E-state index contributed by atoms with van der Waals surface area (Å²) in [4.78, 5) is 31.6. The van der Waals surface area contributed by atoms with Crippen LogP contribution in [0.5, 0.6) is 0 Å². The van der Waals surface area contributed by atoms with Crippen LogP contribution >= 0.6 is 11.3 Å². The van der Waals surface area contributed by atoms with Gasteiger partial charge in [0.15, 0.2) is 5.13 Å². The van der Waals surface area contributed by atoms with Crippen LogP contribution in [0.1, 0.15) is 30.4 Å². The lowest BCUT2D eigenvalue weighted by molar-refractivity contribution is -0.118. The fraction of sp³-hybridized carbons (Fsp3) is 0.615. The Kier molecular flexibility index (Phi) is 5.95. The molecule has 0 bridgehead atoms. The third-order valence-corrected chi connectivity index (χ3v) is 4.03. The molecule has 0 aliphatic rings. The minimum Gasteiger partial charge on any atom is -0.382 e. The molecular formula is C13H23N5O2S. The molecule has 118 valence electrons. The van der Waals surface area contributed by atoms with E-state index in [1.807, 2.05) is 32.7 Å². The number of carbonyl (C=O) groups is 2. The monoisotopic (exact) mass is 313 g/mol. The number of rotatable bonds is 7. The first-order valence-corrected chi connectivity index (χ1v) is 7.62. The third-order valence-electron chi connectivity index (χ3n) is 2.86. The fourth-order valence-electron chi connectivity index (χ4n) is 1.76. The maximum Gasteiger partial charge on any atom is 0.268 e. The van der Waals surface area contributed by atoms with Gasteiger partial charge in [-0.15, -0.1) is 0 Å². The van der Waals surface area contributed by atoms with Crippen LogP contribution in [0.15, 0.2) is 0 Å². The average molecular weight is 313 g/mol. The molecule has 0 unspecified atom stereocenters. The zero-order chi connectivity index (χ0) is 16.2. The number of anilines is 2. The molecule has 0 saturated heterocycles. The van der Waals surface area contributed by atoms with Crippen LogP contribution < -0.4 is 16.4 Å². The predicted molar refractivity (Wildman–Crippen MR) is 85.4 cm³/mol. The van der Waals surface area contributed by atoms with Gasteiger partial charge in [0.1, 0.15) is 10.7 Å². The van der Waals surface area contributed by atoms with Crippen molar-refractivity contribution in [3.8, 4) is 0 Å². The van der Waals surface area contributed by atoms with Crippen molar-refractivity contribution in [2.75, 3.05) is 37.3 Å². The van der Waals surface area contributed by atoms with Crippen LogP contribution in [0.4, 0.5) is 10.9 Å². The second-order valence-corrected chi connectivity index (χ2v) is 6.25. The molecule has 0 aromatic carbocycles. The van der Waals surface area contributed by atoms with Gasteiger partial charge in [-0.05, 0) is 12.8 Å².